The Morgan fingerprint density at radius 1 is 1.28 bits per heavy atom. The third-order valence-electron chi connectivity index (χ3n) is 5.54. The van der Waals surface area contributed by atoms with E-state index >= 15 is 0 Å². The fraction of sp³-hybridized carbons (Fsp3) is 0.458. The molecule has 2 atom stereocenters. The van der Waals surface area contributed by atoms with Crippen LogP contribution in [0.3, 0.4) is 0 Å². The van der Waals surface area contributed by atoms with E-state index in [0.717, 1.165) is 12.1 Å². The molecule has 0 aliphatic carbocycles. The zero-order valence-electron chi connectivity index (χ0n) is 22.1. The molecule has 4 N–H and O–H groups in total. The summed E-state index contributed by atoms with van der Waals surface area (Å²) in [6, 6.07) is 3.14. The van der Waals surface area contributed by atoms with Crippen LogP contribution in [0.1, 0.15) is 50.0 Å². The molecular weight excluding hydrogens is 534 g/mol. The molecule has 39 heavy (non-hydrogen) atoms. The minimum absolute atomic E-state index is 0.0903. The highest BCUT2D eigenvalue weighted by atomic mass is 31.2. The number of carbonyl (C=O) groups is 2. The molecule has 3 aromatic rings. The van der Waals surface area contributed by atoms with Gasteiger partial charge in [-0.05, 0) is 44.9 Å². The Balaban J connectivity index is 1.78. The summed E-state index contributed by atoms with van der Waals surface area (Å²) < 4.78 is 46.0. The second-order valence-corrected chi connectivity index (χ2v) is 11.4. The number of aromatic carboxylic acids is 1. The molecule has 212 valence electrons. The highest BCUT2D eigenvalue weighted by Crippen LogP contribution is 2.46. The Hall–Kier alpha value is -3.45. The van der Waals surface area contributed by atoms with Gasteiger partial charge in [-0.15, -0.1) is 0 Å². The number of anilines is 1. The SMILES string of the molecule is CCCOC(=O)C(C)(C)N[P@@](=O)(CO[C@H](C)Cn1cnc2c(N)ncnc21)OCc1ccc(F)cc1C(=O)O. The van der Waals surface area contributed by atoms with Crippen LogP contribution in [-0.2, 0) is 36.5 Å². The number of carbonyl (C=O) groups excluding carboxylic acids is 1. The van der Waals surface area contributed by atoms with E-state index in [0.29, 0.717) is 17.6 Å². The topological polar surface area (TPSA) is 181 Å². The molecule has 0 aliphatic heterocycles. The summed E-state index contributed by atoms with van der Waals surface area (Å²) in [6.45, 7) is 6.50. The molecule has 13 nitrogen and oxygen atoms in total. The number of fused-ring (bicyclic) bond motifs is 1. The Kier molecular flexibility index (Phi) is 9.73. The normalized spacial score (nSPS) is 14.2. The van der Waals surface area contributed by atoms with Gasteiger partial charge in [-0.3, -0.25) is 9.36 Å². The summed E-state index contributed by atoms with van der Waals surface area (Å²) >= 11 is 0. The first kappa shape index (κ1) is 30.1. The van der Waals surface area contributed by atoms with Crippen LogP contribution >= 0.6 is 7.52 Å². The van der Waals surface area contributed by atoms with Gasteiger partial charge in [0.15, 0.2) is 11.5 Å². The van der Waals surface area contributed by atoms with Crippen molar-refractivity contribution in [1.82, 2.24) is 24.6 Å². The monoisotopic (exact) mass is 566 g/mol. The molecular formula is C24H32FN6O7P. The standard InChI is InChI=1S/C24H32FN6O7P/c1-5-8-36-23(34)24(3,4)30-39(35,38-11-16-6-7-17(25)9-18(16)22(32)33)14-37-15(2)10-31-13-29-19-20(26)27-12-28-21(19)31/h6-7,9,12-13,15H,5,8,10-11,14H2,1-4H3,(H,30,35)(H,32,33)(H2,26,27,28)/t15-,39-/m1/s1. The lowest BCUT2D eigenvalue weighted by molar-refractivity contribution is -0.149. The summed E-state index contributed by atoms with van der Waals surface area (Å²) in [5.41, 5.74) is 5.07. The number of benzene rings is 1. The minimum atomic E-state index is -3.98. The Bertz CT molecular complexity index is 1380. The van der Waals surface area contributed by atoms with Crippen molar-refractivity contribution in [2.45, 2.75) is 58.9 Å². The highest BCUT2D eigenvalue weighted by molar-refractivity contribution is 7.56. The van der Waals surface area contributed by atoms with Crippen molar-refractivity contribution in [2.75, 3.05) is 18.7 Å². The number of nitrogens with two attached hydrogens (primary N) is 1. The zero-order valence-corrected chi connectivity index (χ0v) is 23.0. The van der Waals surface area contributed by atoms with Crippen molar-refractivity contribution in [3.63, 3.8) is 0 Å². The first-order valence-electron chi connectivity index (χ1n) is 12.1. The van der Waals surface area contributed by atoms with Crippen LogP contribution in [0.2, 0.25) is 0 Å². The van der Waals surface area contributed by atoms with Crippen LogP contribution < -0.4 is 10.8 Å². The zero-order chi connectivity index (χ0) is 28.8. The van der Waals surface area contributed by atoms with Crippen molar-refractivity contribution >= 4 is 36.4 Å². The van der Waals surface area contributed by atoms with Crippen molar-refractivity contribution in [1.29, 1.82) is 0 Å². The molecule has 15 heteroatoms. The molecule has 0 saturated heterocycles. The number of carboxylic acid groups (broad SMARTS) is 1. The lowest BCUT2D eigenvalue weighted by atomic mass is 10.1. The fourth-order valence-corrected chi connectivity index (χ4v) is 5.53. The molecule has 3 rings (SSSR count). The third-order valence-corrected chi connectivity index (χ3v) is 7.48. The number of carboxylic acids is 1. The van der Waals surface area contributed by atoms with Crippen LogP contribution in [0.25, 0.3) is 11.2 Å². The molecule has 0 bridgehead atoms. The van der Waals surface area contributed by atoms with Gasteiger partial charge in [0.05, 0.1) is 37.8 Å². The number of nitrogens with one attached hydrogen (secondary N) is 1. The first-order valence-corrected chi connectivity index (χ1v) is 13.9. The average Bonchev–Trinajstić information content (AvgIpc) is 3.29. The predicted octanol–water partition coefficient (Wildman–Crippen LogP) is 3.34. The van der Waals surface area contributed by atoms with Gasteiger partial charge < -0.3 is 29.4 Å². The number of hydrogen-bond acceptors (Lipinski definition) is 10. The van der Waals surface area contributed by atoms with Crippen LogP contribution in [0.4, 0.5) is 10.2 Å². The molecule has 2 aromatic heterocycles. The predicted molar refractivity (Wildman–Crippen MR) is 139 cm³/mol. The fourth-order valence-electron chi connectivity index (χ4n) is 3.58. The number of ether oxygens (including phenoxy) is 2. The molecule has 0 aliphatic rings. The van der Waals surface area contributed by atoms with Gasteiger partial charge in [-0.25, -0.2) is 29.2 Å². The maximum Gasteiger partial charge on any atom is 0.336 e. The molecule has 0 saturated carbocycles. The quantitative estimate of drug-likeness (QED) is 0.192. The third kappa shape index (κ3) is 7.79. The second kappa shape index (κ2) is 12.6. The van der Waals surface area contributed by atoms with Crippen molar-refractivity contribution in [3.8, 4) is 0 Å². The average molecular weight is 567 g/mol. The summed E-state index contributed by atoms with van der Waals surface area (Å²) in [5.74, 6) is -2.54. The molecule has 2 heterocycles. The largest absolute Gasteiger partial charge is 0.478 e. The maximum atomic E-state index is 13.9. The second-order valence-electron chi connectivity index (χ2n) is 9.36. The summed E-state index contributed by atoms with van der Waals surface area (Å²) in [5, 5.41) is 12.2. The number of rotatable bonds is 14. The minimum Gasteiger partial charge on any atom is -0.478 e. The number of nitrogens with zero attached hydrogens (tertiary/aromatic N) is 4. The van der Waals surface area contributed by atoms with Crippen molar-refractivity contribution in [3.05, 3.63) is 47.8 Å². The van der Waals surface area contributed by atoms with E-state index in [1.165, 1.54) is 32.6 Å². The van der Waals surface area contributed by atoms with E-state index in [4.69, 9.17) is 19.7 Å². The van der Waals surface area contributed by atoms with Gasteiger partial charge in [0.25, 0.3) is 7.52 Å². The van der Waals surface area contributed by atoms with E-state index in [2.05, 4.69) is 20.0 Å². The van der Waals surface area contributed by atoms with Gasteiger partial charge in [-0.1, -0.05) is 13.0 Å². The van der Waals surface area contributed by atoms with E-state index < -0.39 is 49.9 Å². The summed E-state index contributed by atoms with van der Waals surface area (Å²) in [7, 11) is -3.98. The lowest BCUT2D eigenvalue weighted by Crippen LogP contribution is -2.47. The van der Waals surface area contributed by atoms with Crippen LogP contribution in [0.15, 0.2) is 30.9 Å². The molecule has 0 unspecified atom stereocenters. The number of hydrogen-bond donors (Lipinski definition) is 3. The van der Waals surface area contributed by atoms with Crippen LogP contribution in [0.5, 0.6) is 0 Å². The molecule has 1 aromatic carbocycles. The van der Waals surface area contributed by atoms with Crippen LogP contribution in [0, 0.1) is 5.82 Å². The number of aromatic nitrogens is 4. The molecule has 0 spiro atoms. The van der Waals surface area contributed by atoms with E-state index in [1.807, 2.05) is 6.92 Å². The Morgan fingerprint density at radius 2 is 2.03 bits per heavy atom. The van der Waals surface area contributed by atoms with Crippen molar-refractivity contribution < 1.29 is 37.6 Å². The summed E-state index contributed by atoms with van der Waals surface area (Å²) in [4.78, 5) is 36.5. The Labute approximate surface area is 224 Å². The number of halogens is 1. The Morgan fingerprint density at radius 3 is 2.72 bits per heavy atom. The number of imidazole rings is 1. The maximum absolute atomic E-state index is 13.9. The number of nitrogen functional groups attached to an aromatic ring is 1. The van der Waals surface area contributed by atoms with E-state index in [-0.39, 0.29) is 30.1 Å². The molecule has 0 radical (unpaired) electrons. The molecule has 0 amide bonds. The number of esters is 1. The smallest absolute Gasteiger partial charge is 0.336 e. The van der Waals surface area contributed by atoms with Crippen molar-refractivity contribution in [2.24, 2.45) is 0 Å². The van der Waals surface area contributed by atoms with E-state index in [9.17, 15) is 23.7 Å². The highest BCUT2D eigenvalue weighted by Gasteiger charge is 2.39. The van der Waals surface area contributed by atoms with Gasteiger partial charge >= 0.3 is 11.9 Å². The first-order chi connectivity index (χ1) is 18.3. The van der Waals surface area contributed by atoms with Gasteiger partial charge in [0.2, 0.25) is 0 Å². The lowest BCUT2D eigenvalue weighted by Gasteiger charge is -2.30. The van der Waals surface area contributed by atoms with Crippen LogP contribution in [-0.4, -0.2) is 61.2 Å². The summed E-state index contributed by atoms with van der Waals surface area (Å²) in [6.07, 6.45) is 2.42. The van der Waals surface area contributed by atoms with Gasteiger partial charge in [0, 0.05) is 0 Å². The van der Waals surface area contributed by atoms with Gasteiger partial charge in [-0.2, -0.15) is 0 Å². The van der Waals surface area contributed by atoms with Gasteiger partial charge in [0.1, 0.15) is 29.5 Å². The van der Waals surface area contributed by atoms with E-state index in [1.54, 1.807) is 11.5 Å². The molecule has 0 fully saturated rings.